The van der Waals surface area contributed by atoms with E-state index < -0.39 is 6.16 Å². The van der Waals surface area contributed by atoms with Crippen molar-refractivity contribution >= 4 is 11.8 Å². The molecule has 0 amide bonds. The van der Waals surface area contributed by atoms with Gasteiger partial charge in [0.25, 0.3) is 0 Å². The molecule has 2 N–H and O–H groups in total. The van der Waals surface area contributed by atoms with E-state index in [2.05, 4.69) is 4.74 Å². The molecule has 4 nitrogen and oxygen atoms in total. The van der Waals surface area contributed by atoms with Crippen molar-refractivity contribution in [2.75, 3.05) is 12.8 Å². The molecule has 1 aromatic carbocycles. The number of carbonyl (C=O) groups is 1. The fourth-order valence-electron chi connectivity index (χ4n) is 2.00. The summed E-state index contributed by atoms with van der Waals surface area (Å²) >= 11 is 0. The van der Waals surface area contributed by atoms with Crippen molar-refractivity contribution in [1.82, 2.24) is 0 Å². The van der Waals surface area contributed by atoms with Gasteiger partial charge in [0, 0.05) is 0 Å². The van der Waals surface area contributed by atoms with Gasteiger partial charge in [-0.3, -0.25) is 0 Å². The average molecular weight is 221 g/mol. The predicted octanol–water partition coefficient (Wildman–Crippen LogP) is 2.29. The van der Waals surface area contributed by atoms with E-state index in [0.717, 1.165) is 12.8 Å². The Morgan fingerprint density at radius 2 is 1.88 bits per heavy atom. The monoisotopic (exact) mass is 221 g/mol. The number of aryl methyl sites for hydroxylation is 2. The third kappa shape index (κ3) is 2.10. The first kappa shape index (κ1) is 10.8. The molecule has 0 saturated carbocycles. The largest absolute Gasteiger partial charge is 0.513 e. The summed E-state index contributed by atoms with van der Waals surface area (Å²) in [5.41, 5.74) is 8.79. The van der Waals surface area contributed by atoms with Crippen LogP contribution in [0.4, 0.5) is 10.5 Å². The molecule has 0 radical (unpaired) electrons. The Bertz CT molecular complexity index is 415. The van der Waals surface area contributed by atoms with Crippen molar-refractivity contribution in [1.29, 1.82) is 0 Å². The minimum Gasteiger partial charge on any atom is -0.437 e. The molecule has 0 heterocycles. The van der Waals surface area contributed by atoms with Crippen LogP contribution < -0.4 is 10.5 Å². The number of methoxy groups -OCH3 is 1. The van der Waals surface area contributed by atoms with Crippen molar-refractivity contribution in [2.45, 2.75) is 25.7 Å². The minimum atomic E-state index is -0.734. The number of rotatable bonds is 1. The van der Waals surface area contributed by atoms with Gasteiger partial charge in [0.05, 0.1) is 12.8 Å². The molecule has 0 bridgehead atoms. The second-order valence-corrected chi connectivity index (χ2v) is 3.92. The van der Waals surface area contributed by atoms with Crippen LogP contribution in [0.15, 0.2) is 12.1 Å². The lowest BCUT2D eigenvalue weighted by atomic mass is 9.91. The number of ether oxygens (including phenoxy) is 2. The minimum absolute atomic E-state index is 0.396. The van der Waals surface area contributed by atoms with Gasteiger partial charge in [0.15, 0.2) is 5.75 Å². The maximum atomic E-state index is 11.0. The van der Waals surface area contributed by atoms with E-state index in [9.17, 15) is 4.79 Å². The maximum Gasteiger partial charge on any atom is 0.513 e. The normalized spacial score (nSPS) is 14.1. The topological polar surface area (TPSA) is 61.5 Å². The predicted molar refractivity (Wildman–Crippen MR) is 60.5 cm³/mol. The second kappa shape index (κ2) is 4.43. The summed E-state index contributed by atoms with van der Waals surface area (Å²) in [6.45, 7) is 0. The summed E-state index contributed by atoms with van der Waals surface area (Å²) in [5, 5.41) is 0. The first-order valence-corrected chi connectivity index (χ1v) is 5.38. The van der Waals surface area contributed by atoms with Crippen molar-refractivity contribution < 1.29 is 14.3 Å². The lowest BCUT2D eigenvalue weighted by molar-refractivity contribution is 0.121. The summed E-state index contributed by atoms with van der Waals surface area (Å²) in [4.78, 5) is 11.0. The van der Waals surface area contributed by atoms with Crippen LogP contribution in [0.1, 0.15) is 24.0 Å². The highest BCUT2D eigenvalue weighted by Crippen LogP contribution is 2.30. The highest BCUT2D eigenvalue weighted by Gasteiger charge is 2.14. The van der Waals surface area contributed by atoms with Crippen LogP contribution >= 0.6 is 0 Å². The molecule has 16 heavy (non-hydrogen) atoms. The van der Waals surface area contributed by atoms with Crippen LogP contribution in [0.5, 0.6) is 5.75 Å². The Morgan fingerprint density at radius 1 is 1.25 bits per heavy atom. The van der Waals surface area contributed by atoms with Crippen molar-refractivity contribution in [3.63, 3.8) is 0 Å². The molecule has 0 unspecified atom stereocenters. The van der Waals surface area contributed by atoms with Gasteiger partial charge in [-0.05, 0) is 48.9 Å². The molecule has 4 heteroatoms. The van der Waals surface area contributed by atoms with Crippen LogP contribution in [0.3, 0.4) is 0 Å². The maximum absolute atomic E-state index is 11.0. The lowest BCUT2D eigenvalue weighted by Gasteiger charge is -2.17. The lowest BCUT2D eigenvalue weighted by Crippen LogP contribution is -2.11. The number of nitrogens with two attached hydrogens (primary N) is 1. The molecule has 0 fully saturated rings. The summed E-state index contributed by atoms with van der Waals surface area (Å²) in [6.07, 6.45) is 3.71. The number of fused-ring (bicyclic) bond motifs is 1. The summed E-state index contributed by atoms with van der Waals surface area (Å²) in [5.74, 6) is 0.396. The zero-order valence-corrected chi connectivity index (χ0v) is 9.29. The van der Waals surface area contributed by atoms with Gasteiger partial charge in [-0.1, -0.05) is 0 Å². The quantitative estimate of drug-likeness (QED) is 0.449. The summed E-state index contributed by atoms with van der Waals surface area (Å²) in [6, 6.07) is 3.74. The summed E-state index contributed by atoms with van der Waals surface area (Å²) < 4.78 is 9.41. The molecular weight excluding hydrogens is 206 g/mol. The van der Waals surface area contributed by atoms with Crippen LogP contribution in [0.2, 0.25) is 0 Å². The van der Waals surface area contributed by atoms with Gasteiger partial charge >= 0.3 is 6.16 Å². The SMILES string of the molecule is COC(=O)Oc1cc2c(cc1N)CCCC2. The van der Waals surface area contributed by atoms with E-state index in [0.29, 0.717) is 11.4 Å². The third-order valence-electron chi connectivity index (χ3n) is 2.83. The third-order valence-corrected chi connectivity index (χ3v) is 2.83. The summed E-state index contributed by atoms with van der Waals surface area (Å²) in [7, 11) is 1.27. The molecule has 86 valence electrons. The second-order valence-electron chi connectivity index (χ2n) is 3.92. The molecule has 2 rings (SSSR count). The molecule has 1 aliphatic carbocycles. The molecule has 0 aromatic heterocycles. The van der Waals surface area contributed by atoms with Gasteiger partial charge in [-0.15, -0.1) is 0 Å². The zero-order valence-electron chi connectivity index (χ0n) is 9.29. The fraction of sp³-hybridized carbons (Fsp3) is 0.417. The Kier molecular flexibility index (Phi) is 2.99. The van der Waals surface area contributed by atoms with Crippen LogP contribution in [-0.4, -0.2) is 13.3 Å². The molecule has 0 aliphatic heterocycles. The van der Waals surface area contributed by atoms with Crippen LogP contribution in [0, 0.1) is 0 Å². The number of benzene rings is 1. The van der Waals surface area contributed by atoms with Gasteiger partial charge in [-0.25, -0.2) is 4.79 Å². The van der Waals surface area contributed by atoms with Crippen molar-refractivity contribution in [3.8, 4) is 5.75 Å². The van der Waals surface area contributed by atoms with E-state index in [1.165, 1.54) is 31.1 Å². The number of nitrogen functional groups attached to an aromatic ring is 1. The first-order valence-electron chi connectivity index (χ1n) is 5.38. The van der Waals surface area contributed by atoms with E-state index >= 15 is 0 Å². The molecular formula is C12H15NO3. The molecule has 0 saturated heterocycles. The smallest absolute Gasteiger partial charge is 0.437 e. The Hall–Kier alpha value is -1.71. The number of anilines is 1. The van der Waals surface area contributed by atoms with Gasteiger partial charge < -0.3 is 15.2 Å². The van der Waals surface area contributed by atoms with Crippen LogP contribution in [0.25, 0.3) is 0 Å². The van der Waals surface area contributed by atoms with E-state index in [1.807, 2.05) is 12.1 Å². The Morgan fingerprint density at radius 3 is 2.50 bits per heavy atom. The van der Waals surface area contributed by atoms with Crippen molar-refractivity contribution in [3.05, 3.63) is 23.3 Å². The Balaban J connectivity index is 2.28. The number of hydrogen-bond donors (Lipinski definition) is 1. The average Bonchev–Trinajstić information content (AvgIpc) is 2.30. The highest BCUT2D eigenvalue weighted by atomic mass is 16.7. The zero-order chi connectivity index (χ0) is 11.5. The van der Waals surface area contributed by atoms with Gasteiger partial charge in [0.1, 0.15) is 0 Å². The van der Waals surface area contributed by atoms with E-state index in [1.54, 1.807) is 0 Å². The van der Waals surface area contributed by atoms with Crippen LogP contribution in [-0.2, 0) is 17.6 Å². The highest BCUT2D eigenvalue weighted by molar-refractivity contribution is 5.68. The fourth-order valence-corrected chi connectivity index (χ4v) is 2.00. The van der Waals surface area contributed by atoms with Gasteiger partial charge in [-0.2, -0.15) is 0 Å². The molecule has 1 aromatic rings. The first-order chi connectivity index (χ1) is 7.70. The molecule has 0 atom stereocenters. The van der Waals surface area contributed by atoms with Crippen molar-refractivity contribution in [2.24, 2.45) is 0 Å². The molecule has 0 spiro atoms. The Labute approximate surface area is 94.3 Å². The number of carbonyl (C=O) groups excluding carboxylic acids is 1. The molecule has 1 aliphatic rings. The number of hydrogen-bond acceptors (Lipinski definition) is 4. The standard InChI is InChI=1S/C12H15NO3/c1-15-12(14)16-11-7-9-5-3-2-4-8(9)6-10(11)13/h6-7H,2-5,13H2,1H3. The van der Waals surface area contributed by atoms with Gasteiger partial charge in [0.2, 0.25) is 0 Å². The van der Waals surface area contributed by atoms with E-state index in [4.69, 9.17) is 10.5 Å². The van der Waals surface area contributed by atoms with E-state index in [-0.39, 0.29) is 0 Å².